The number of carbonyl (C=O) groups is 3. The highest BCUT2D eigenvalue weighted by Gasteiger charge is 2.34. The first-order valence-electron chi connectivity index (χ1n) is 9.60. The number of carbonyl (C=O) groups excluding carboxylic acids is 3. The van der Waals surface area contributed by atoms with Crippen LogP contribution in [0, 0.1) is 10.1 Å². The van der Waals surface area contributed by atoms with Gasteiger partial charge in [-0.2, -0.15) is 8.78 Å². The summed E-state index contributed by atoms with van der Waals surface area (Å²) in [7, 11) is 1.27. The number of nitro benzene ring substituents is 1. The molecule has 34 heavy (non-hydrogen) atoms. The quantitative estimate of drug-likeness (QED) is 0.318. The largest absolute Gasteiger partial charge is 0.493 e. The fourth-order valence-electron chi connectivity index (χ4n) is 2.93. The number of imide groups is 1. The van der Waals surface area contributed by atoms with Crippen LogP contribution in [0.1, 0.15) is 15.9 Å². The molecule has 2 aromatic carbocycles. The molecule has 2 aromatic rings. The van der Waals surface area contributed by atoms with Crippen molar-refractivity contribution in [2.24, 2.45) is 0 Å². The van der Waals surface area contributed by atoms with Crippen LogP contribution < -0.4 is 14.8 Å². The van der Waals surface area contributed by atoms with Crippen LogP contribution in [0.15, 0.2) is 47.4 Å². The van der Waals surface area contributed by atoms with Crippen LogP contribution in [0.25, 0.3) is 6.08 Å². The summed E-state index contributed by atoms with van der Waals surface area (Å²) in [6.45, 7) is -3.16. The molecule has 0 saturated carbocycles. The van der Waals surface area contributed by atoms with Crippen molar-refractivity contribution in [3.05, 3.63) is 68.6 Å². The Kier molecular flexibility index (Phi) is 7.79. The van der Waals surface area contributed by atoms with E-state index in [2.05, 4.69) is 10.1 Å². The number of thioether (sulfide) groups is 1. The van der Waals surface area contributed by atoms with Crippen molar-refractivity contribution in [1.29, 1.82) is 0 Å². The van der Waals surface area contributed by atoms with Crippen LogP contribution in [-0.4, -0.2) is 53.7 Å². The summed E-state index contributed by atoms with van der Waals surface area (Å²) >= 11 is 0.694. The molecule has 13 heteroatoms. The molecular weight excluding hydrogens is 476 g/mol. The Hall–Kier alpha value is -4.00. The van der Waals surface area contributed by atoms with E-state index in [0.717, 1.165) is 4.90 Å². The van der Waals surface area contributed by atoms with Gasteiger partial charge in [-0.05, 0) is 47.7 Å². The topological polar surface area (TPSA) is 128 Å². The summed E-state index contributed by atoms with van der Waals surface area (Å²) in [6.07, 6.45) is 1.41. The van der Waals surface area contributed by atoms with Crippen molar-refractivity contribution >= 4 is 40.6 Å². The minimum absolute atomic E-state index is 0.0298. The van der Waals surface area contributed by atoms with Crippen LogP contribution in [0.4, 0.5) is 19.3 Å². The number of amides is 3. The van der Waals surface area contributed by atoms with Gasteiger partial charge in [-0.1, -0.05) is 6.07 Å². The minimum Gasteiger partial charge on any atom is -0.493 e. The summed E-state index contributed by atoms with van der Waals surface area (Å²) in [5.74, 6) is -1.24. The molecule has 0 atom stereocenters. The van der Waals surface area contributed by atoms with Gasteiger partial charge in [0.25, 0.3) is 22.7 Å². The number of rotatable bonds is 9. The van der Waals surface area contributed by atoms with E-state index in [9.17, 15) is 33.3 Å². The molecule has 1 aliphatic heterocycles. The van der Waals surface area contributed by atoms with Crippen LogP contribution >= 0.6 is 11.8 Å². The number of halogens is 2. The zero-order valence-electron chi connectivity index (χ0n) is 17.5. The van der Waals surface area contributed by atoms with Crippen molar-refractivity contribution in [3.8, 4) is 11.5 Å². The summed E-state index contributed by atoms with van der Waals surface area (Å²) in [5.41, 5.74) is 0.457. The normalized spacial score (nSPS) is 14.6. The molecule has 1 heterocycles. The maximum Gasteiger partial charge on any atom is 0.387 e. The molecule has 1 fully saturated rings. The second kappa shape index (κ2) is 10.7. The molecule has 0 spiro atoms. The average Bonchev–Trinajstić information content (AvgIpc) is 3.06. The second-order valence-corrected chi connectivity index (χ2v) is 7.68. The maximum atomic E-state index is 12.6. The van der Waals surface area contributed by atoms with E-state index in [1.165, 1.54) is 55.7 Å². The fraction of sp³-hybridized carbons (Fsp3) is 0.190. The average molecular weight is 493 g/mol. The molecule has 0 aliphatic carbocycles. The minimum atomic E-state index is -3.03. The van der Waals surface area contributed by atoms with Crippen LogP contribution in [0.3, 0.4) is 0 Å². The van der Waals surface area contributed by atoms with E-state index < -0.39 is 28.6 Å². The van der Waals surface area contributed by atoms with Gasteiger partial charge in [-0.25, -0.2) is 0 Å². The zero-order valence-corrected chi connectivity index (χ0v) is 18.3. The molecule has 3 rings (SSSR count). The lowest BCUT2D eigenvalue weighted by Crippen LogP contribution is -2.37. The molecule has 3 amide bonds. The molecule has 1 saturated heterocycles. The fourth-order valence-corrected chi connectivity index (χ4v) is 3.79. The van der Waals surface area contributed by atoms with Gasteiger partial charge in [-0.3, -0.25) is 29.4 Å². The molecule has 0 aromatic heterocycles. The first kappa shape index (κ1) is 24.6. The standard InChI is InChI=1S/C21H17F2N3O7S/c1-32-16-10-12(2-7-15(16)33-20(22)23)11-17-19(28)25(21(29)34-17)9-8-24-18(27)13-3-5-14(6-4-13)26(30)31/h2-7,10-11,20H,8-9H2,1H3,(H,24,27)/b17-11-. The van der Waals surface area contributed by atoms with Crippen LogP contribution in [-0.2, 0) is 4.79 Å². The summed E-state index contributed by atoms with van der Waals surface area (Å²) in [5, 5.41) is 12.7. The molecule has 1 N–H and O–H groups in total. The molecule has 0 radical (unpaired) electrons. The molecule has 0 unspecified atom stereocenters. The monoisotopic (exact) mass is 493 g/mol. The molecule has 0 bridgehead atoms. The van der Waals surface area contributed by atoms with Crippen molar-refractivity contribution in [2.45, 2.75) is 6.61 Å². The van der Waals surface area contributed by atoms with Crippen LogP contribution in [0.5, 0.6) is 11.5 Å². The number of benzene rings is 2. The Balaban J connectivity index is 1.61. The Morgan fingerprint density at radius 1 is 1.21 bits per heavy atom. The summed E-state index contributed by atoms with van der Waals surface area (Å²) in [4.78, 5) is 48.2. The van der Waals surface area contributed by atoms with Gasteiger partial charge in [0.05, 0.1) is 16.9 Å². The van der Waals surface area contributed by atoms with Gasteiger partial charge in [-0.15, -0.1) is 0 Å². The molecule has 10 nitrogen and oxygen atoms in total. The van der Waals surface area contributed by atoms with Crippen molar-refractivity contribution < 1.29 is 37.6 Å². The smallest absolute Gasteiger partial charge is 0.387 e. The molecular formula is C21H17F2N3O7S. The Morgan fingerprint density at radius 2 is 1.91 bits per heavy atom. The molecule has 178 valence electrons. The van der Waals surface area contributed by atoms with E-state index in [1.807, 2.05) is 0 Å². The first-order valence-corrected chi connectivity index (χ1v) is 10.4. The summed E-state index contributed by atoms with van der Waals surface area (Å²) < 4.78 is 34.3. The van der Waals surface area contributed by atoms with E-state index in [-0.39, 0.29) is 40.7 Å². The zero-order chi connectivity index (χ0) is 24.8. The number of nitrogens with zero attached hydrogens (tertiary/aromatic N) is 2. The number of alkyl halides is 2. The lowest BCUT2D eigenvalue weighted by atomic mass is 10.2. The van der Waals surface area contributed by atoms with Gasteiger partial charge in [0.1, 0.15) is 0 Å². The van der Waals surface area contributed by atoms with Crippen molar-refractivity contribution in [1.82, 2.24) is 10.2 Å². The number of nitrogens with one attached hydrogen (secondary N) is 1. The van der Waals surface area contributed by atoms with Crippen LogP contribution in [0.2, 0.25) is 0 Å². The number of hydrogen-bond donors (Lipinski definition) is 1. The number of ether oxygens (including phenoxy) is 2. The van der Waals surface area contributed by atoms with Gasteiger partial charge >= 0.3 is 6.61 Å². The van der Waals surface area contributed by atoms with Gasteiger partial charge in [0, 0.05) is 30.8 Å². The van der Waals surface area contributed by atoms with Gasteiger partial charge in [0.15, 0.2) is 11.5 Å². The highest BCUT2D eigenvalue weighted by Crippen LogP contribution is 2.34. The summed E-state index contributed by atoms with van der Waals surface area (Å²) in [6, 6.07) is 9.04. The highest BCUT2D eigenvalue weighted by molar-refractivity contribution is 8.18. The SMILES string of the molecule is COc1cc(/C=C2\SC(=O)N(CCNC(=O)c3ccc([N+](=O)[O-])cc3)C2=O)ccc1OC(F)F. The van der Waals surface area contributed by atoms with Gasteiger partial charge in [0.2, 0.25) is 0 Å². The number of non-ortho nitro benzene ring substituents is 1. The lowest BCUT2D eigenvalue weighted by molar-refractivity contribution is -0.384. The third-order valence-electron chi connectivity index (χ3n) is 4.54. The third-order valence-corrected chi connectivity index (χ3v) is 5.44. The highest BCUT2D eigenvalue weighted by atomic mass is 32.2. The van der Waals surface area contributed by atoms with E-state index in [4.69, 9.17) is 4.74 Å². The molecule has 1 aliphatic rings. The van der Waals surface area contributed by atoms with Gasteiger partial charge < -0.3 is 14.8 Å². The van der Waals surface area contributed by atoms with E-state index >= 15 is 0 Å². The van der Waals surface area contributed by atoms with Crippen molar-refractivity contribution in [3.63, 3.8) is 0 Å². The predicted octanol–water partition coefficient (Wildman–Crippen LogP) is 3.67. The maximum absolute atomic E-state index is 12.6. The Bertz CT molecular complexity index is 1160. The number of hydrogen-bond acceptors (Lipinski definition) is 8. The number of nitro groups is 1. The first-order chi connectivity index (χ1) is 16.2. The van der Waals surface area contributed by atoms with E-state index in [0.29, 0.717) is 17.3 Å². The third kappa shape index (κ3) is 5.86. The number of methoxy groups -OCH3 is 1. The Morgan fingerprint density at radius 3 is 2.53 bits per heavy atom. The van der Waals surface area contributed by atoms with E-state index in [1.54, 1.807) is 0 Å². The second-order valence-electron chi connectivity index (χ2n) is 6.68. The lowest BCUT2D eigenvalue weighted by Gasteiger charge is -2.13. The van der Waals surface area contributed by atoms with Crippen molar-refractivity contribution in [2.75, 3.05) is 20.2 Å². The Labute approximate surface area is 195 Å². The predicted molar refractivity (Wildman–Crippen MR) is 118 cm³/mol.